The maximum Gasteiger partial charge on any atom is 0.338 e. The van der Waals surface area contributed by atoms with Crippen LogP contribution >= 0.6 is 0 Å². The van der Waals surface area contributed by atoms with Crippen molar-refractivity contribution in [2.24, 2.45) is 0 Å². The Balaban J connectivity index is 2.00. The molecule has 1 saturated heterocycles. The predicted molar refractivity (Wildman–Crippen MR) is 59.6 cm³/mol. The minimum atomic E-state index is -1.49. The lowest BCUT2D eigenvalue weighted by atomic mass is 10.1. The predicted octanol–water partition coefficient (Wildman–Crippen LogP) is -0.718. The quantitative estimate of drug-likeness (QED) is 0.603. The minimum absolute atomic E-state index is 0.169. The molecule has 0 radical (unpaired) electrons. The van der Waals surface area contributed by atoms with Gasteiger partial charge in [-0.25, -0.2) is 4.79 Å². The fourth-order valence-electron chi connectivity index (χ4n) is 1.66. The summed E-state index contributed by atoms with van der Waals surface area (Å²) in [6.45, 7) is -0.169. The molecular weight excluding hydrogens is 240 g/mol. The molecule has 6 nitrogen and oxygen atoms in total. The summed E-state index contributed by atoms with van der Waals surface area (Å²) < 4.78 is 9.80. The Bertz CT molecular complexity index is 406. The number of rotatable bonds is 2. The normalized spacial score (nSPS) is 31.9. The summed E-state index contributed by atoms with van der Waals surface area (Å²) in [4.78, 5) is 11.7. The largest absolute Gasteiger partial charge is 0.453 e. The first kappa shape index (κ1) is 13.0. The van der Waals surface area contributed by atoms with Crippen molar-refractivity contribution in [3.63, 3.8) is 0 Å². The van der Waals surface area contributed by atoms with Crippen LogP contribution in [0.25, 0.3) is 0 Å². The molecule has 3 N–H and O–H groups in total. The molecule has 1 aliphatic rings. The molecular formula is C12H14O6. The van der Waals surface area contributed by atoms with Gasteiger partial charge in [-0.15, -0.1) is 0 Å². The number of carbonyl (C=O) groups is 1. The monoisotopic (exact) mass is 254 g/mol. The molecule has 0 aromatic heterocycles. The van der Waals surface area contributed by atoms with Gasteiger partial charge in [0.05, 0.1) is 12.2 Å². The Morgan fingerprint density at radius 2 is 1.83 bits per heavy atom. The molecule has 0 aliphatic carbocycles. The molecule has 0 spiro atoms. The first-order chi connectivity index (χ1) is 8.59. The van der Waals surface area contributed by atoms with Gasteiger partial charge in [0.25, 0.3) is 0 Å². The lowest BCUT2D eigenvalue weighted by molar-refractivity contribution is -0.251. The molecule has 2 rings (SSSR count). The second-order valence-electron chi connectivity index (χ2n) is 4.01. The lowest BCUT2D eigenvalue weighted by Gasteiger charge is -2.34. The van der Waals surface area contributed by atoms with E-state index in [0.29, 0.717) is 5.56 Å². The number of carbonyl (C=O) groups excluding carboxylic acids is 1. The van der Waals surface area contributed by atoms with E-state index in [1.54, 1.807) is 30.3 Å². The second kappa shape index (κ2) is 5.45. The summed E-state index contributed by atoms with van der Waals surface area (Å²) in [6, 6.07) is 8.27. The van der Waals surface area contributed by atoms with Crippen LogP contribution in [0.1, 0.15) is 10.4 Å². The van der Waals surface area contributed by atoms with Gasteiger partial charge in [0, 0.05) is 0 Å². The van der Waals surface area contributed by atoms with Gasteiger partial charge < -0.3 is 24.8 Å². The van der Waals surface area contributed by atoms with Crippen molar-refractivity contribution in [2.45, 2.75) is 24.6 Å². The van der Waals surface area contributed by atoms with Crippen molar-refractivity contribution in [3.05, 3.63) is 35.9 Å². The van der Waals surface area contributed by atoms with Crippen molar-refractivity contribution in [2.75, 3.05) is 6.61 Å². The average molecular weight is 254 g/mol. The minimum Gasteiger partial charge on any atom is -0.453 e. The average Bonchev–Trinajstić information content (AvgIpc) is 2.40. The Morgan fingerprint density at radius 1 is 1.17 bits per heavy atom. The van der Waals surface area contributed by atoms with Gasteiger partial charge in [-0.2, -0.15) is 0 Å². The van der Waals surface area contributed by atoms with Gasteiger partial charge in [-0.1, -0.05) is 18.2 Å². The molecule has 0 bridgehead atoms. The number of benzene rings is 1. The zero-order valence-corrected chi connectivity index (χ0v) is 9.47. The highest BCUT2D eigenvalue weighted by atomic mass is 16.6. The number of aliphatic hydroxyl groups is 3. The molecule has 1 aliphatic heterocycles. The van der Waals surface area contributed by atoms with E-state index in [-0.39, 0.29) is 6.61 Å². The number of esters is 1. The maximum atomic E-state index is 11.7. The summed E-state index contributed by atoms with van der Waals surface area (Å²) in [6.07, 6.45) is -5.34. The highest BCUT2D eigenvalue weighted by molar-refractivity contribution is 5.89. The van der Waals surface area contributed by atoms with Crippen LogP contribution in [-0.2, 0) is 9.47 Å². The maximum absolute atomic E-state index is 11.7. The number of aliphatic hydroxyl groups excluding tert-OH is 3. The molecule has 1 aromatic rings. The van der Waals surface area contributed by atoms with Crippen LogP contribution in [0.5, 0.6) is 0 Å². The van der Waals surface area contributed by atoms with E-state index in [1.807, 2.05) is 0 Å². The zero-order valence-electron chi connectivity index (χ0n) is 9.47. The fraction of sp³-hybridized carbons (Fsp3) is 0.417. The van der Waals surface area contributed by atoms with Gasteiger partial charge in [0.1, 0.15) is 12.2 Å². The molecule has 1 heterocycles. The van der Waals surface area contributed by atoms with Crippen LogP contribution in [0, 0.1) is 0 Å². The molecule has 1 fully saturated rings. The third kappa shape index (κ3) is 2.68. The van der Waals surface area contributed by atoms with Crippen molar-refractivity contribution in [1.29, 1.82) is 0 Å². The van der Waals surface area contributed by atoms with Crippen molar-refractivity contribution >= 4 is 5.97 Å². The van der Waals surface area contributed by atoms with Crippen LogP contribution < -0.4 is 0 Å². The highest BCUT2D eigenvalue weighted by Crippen LogP contribution is 2.17. The Kier molecular flexibility index (Phi) is 3.93. The van der Waals surface area contributed by atoms with Crippen molar-refractivity contribution < 1.29 is 29.6 Å². The number of hydrogen-bond acceptors (Lipinski definition) is 6. The molecule has 0 amide bonds. The van der Waals surface area contributed by atoms with Crippen LogP contribution in [0.4, 0.5) is 0 Å². The van der Waals surface area contributed by atoms with Crippen molar-refractivity contribution in [1.82, 2.24) is 0 Å². The van der Waals surface area contributed by atoms with E-state index in [0.717, 1.165) is 0 Å². The lowest BCUT2D eigenvalue weighted by Crippen LogP contribution is -2.54. The van der Waals surface area contributed by atoms with Gasteiger partial charge >= 0.3 is 5.97 Å². The molecule has 6 heteroatoms. The van der Waals surface area contributed by atoms with Gasteiger partial charge in [0.15, 0.2) is 12.4 Å². The van der Waals surface area contributed by atoms with E-state index in [1.165, 1.54) is 0 Å². The van der Waals surface area contributed by atoms with Crippen LogP contribution in [-0.4, -0.2) is 52.5 Å². The topological polar surface area (TPSA) is 96.2 Å². The summed E-state index contributed by atoms with van der Waals surface area (Å²) in [7, 11) is 0. The molecule has 18 heavy (non-hydrogen) atoms. The van der Waals surface area contributed by atoms with Crippen LogP contribution in [0.15, 0.2) is 30.3 Å². The van der Waals surface area contributed by atoms with E-state index in [2.05, 4.69) is 0 Å². The number of hydrogen-bond donors (Lipinski definition) is 3. The third-order valence-electron chi connectivity index (χ3n) is 2.72. The Labute approximate surface area is 103 Å². The fourth-order valence-corrected chi connectivity index (χ4v) is 1.66. The summed E-state index contributed by atoms with van der Waals surface area (Å²) in [5, 5.41) is 28.2. The smallest absolute Gasteiger partial charge is 0.338 e. The Morgan fingerprint density at radius 3 is 2.50 bits per heavy atom. The van der Waals surface area contributed by atoms with Crippen LogP contribution in [0.3, 0.4) is 0 Å². The van der Waals surface area contributed by atoms with E-state index in [4.69, 9.17) is 14.6 Å². The van der Waals surface area contributed by atoms with Gasteiger partial charge in [0.2, 0.25) is 0 Å². The number of ether oxygens (including phenoxy) is 2. The van der Waals surface area contributed by atoms with E-state index >= 15 is 0 Å². The van der Waals surface area contributed by atoms with Crippen molar-refractivity contribution in [3.8, 4) is 0 Å². The SMILES string of the molecule is O=C(O[C@H]1CO[C@@H](O)[C@H](O)[C@H]1O)c1ccccc1. The first-order valence-electron chi connectivity index (χ1n) is 5.51. The molecule has 4 atom stereocenters. The standard InChI is InChI=1S/C12H14O6/c13-9-8(6-17-12(16)10(9)14)18-11(15)7-4-2-1-3-5-7/h1-5,8-10,12-14,16H,6H2/t8-,9-,10+,12+/m0/s1. The van der Waals surface area contributed by atoms with Gasteiger partial charge in [-0.3, -0.25) is 0 Å². The van der Waals surface area contributed by atoms with E-state index in [9.17, 15) is 15.0 Å². The van der Waals surface area contributed by atoms with Gasteiger partial charge in [-0.05, 0) is 12.1 Å². The Hall–Kier alpha value is -1.47. The highest BCUT2D eigenvalue weighted by Gasteiger charge is 2.39. The molecule has 0 saturated carbocycles. The summed E-state index contributed by atoms with van der Waals surface area (Å²) in [5.74, 6) is -0.619. The van der Waals surface area contributed by atoms with Crippen LogP contribution in [0.2, 0.25) is 0 Å². The van der Waals surface area contributed by atoms with E-state index < -0.39 is 30.6 Å². The third-order valence-corrected chi connectivity index (χ3v) is 2.72. The summed E-state index contributed by atoms with van der Waals surface area (Å²) >= 11 is 0. The second-order valence-corrected chi connectivity index (χ2v) is 4.01. The zero-order chi connectivity index (χ0) is 13.1. The summed E-state index contributed by atoms with van der Waals surface area (Å²) in [5.41, 5.74) is 0.338. The molecule has 98 valence electrons. The first-order valence-corrected chi connectivity index (χ1v) is 5.51. The molecule has 0 unspecified atom stereocenters. The molecule has 1 aromatic carbocycles.